The van der Waals surface area contributed by atoms with Crippen molar-refractivity contribution in [2.45, 2.75) is 6.92 Å². The van der Waals surface area contributed by atoms with Crippen molar-refractivity contribution in [1.29, 1.82) is 0 Å². The van der Waals surface area contributed by atoms with Crippen molar-refractivity contribution >= 4 is 69.2 Å². The molecule has 0 saturated carbocycles. The van der Waals surface area contributed by atoms with Crippen molar-refractivity contribution in [2.75, 3.05) is 4.90 Å². The normalized spacial score (nSPS) is 15.5. The molecule has 30 heavy (non-hydrogen) atoms. The summed E-state index contributed by atoms with van der Waals surface area (Å²) in [5.41, 5.74) is 1.91. The maximum absolute atomic E-state index is 13.3. The highest BCUT2D eigenvalue weighted by atomic mass is 35.5. The molecule has 9 heteroatoms. The predicted molar refractivity (Wildman–Crippen MR) is 128 cm³/mol. The van der Waals surface area contributed by atoms with Gasteiger partial charge in [0.1, 0.15) is 5.69 Å². The third-order valence-corrected chi connectivity index (χ3v) is 6.65. The summed E-state index contributed by atoms with van der Waals surface area (Å²) in [7, 11) is 1.77. The van der Waals surface area contributed by atoms with Gasteiger partial charge in [0.25, 0.3) is 11.5 Å². The maximum atomic E-state index is 13.3. The first-order valence-corrected chi connectivity index (χ1v) is 10.8. The van der Waals surface area contributed by atoms with Crippen LogP contribution in [0.1, 0.15) is 11.3 Å². The van der Waals surface area contributed by atoms with E-state index >= 15 is 0 Å². The summed E-state index contributed by atoms with van der Waals surface area (Å²) in [5, 5.41) is 0.932. The number of amides is 1. The molecule has 1 amide bonds. The van der Waals surface area contributed by atoms with E-state index in [0.717, 1.165) is 11.8 Å². The second-order valence-corrected chi connectivity index (χ2v) is 9.11. The first kappa shape index (κ1) is 20.9. The van der Waals surface area contributed by atoms with E-state index in [-0.39, 0.29) is 17.2 Å². The average molecular weight is 476 g/mol. The Morgan fingerprint density at radius 3 is 2.43 bits per heavy atom. The van der Waals surface area contributed by atoms with Gasteiger partial charge >= 0.3 is 0 Å². The number of rotatable bonds is 3. The van der Waals surface area contributed by atoms with Crippen LogP contribution in [-0.2, 0) is 11.8 Å². The lowest BCUT2D eigenvalue weighted by Crippen LogP contribution is -2.33. The number of carbonyl (C=O) groups is 1. The fourth-order valence-electron chi connectivity index (χ4n) is 3.23. The van der Waals surface area contributed by atoms with Crippen LogP contribution in [0.15, 0.2) is 58.2 Å². The Balaban J connectivity index is 1.79. The van der Waals surface area contributed by atoms with Gasteiger partial charge in [-0.25, -0.2) is 4.68 Å². The Morgan fingerprint density at radius 1 is 1.07 bits per heavy atom. The molecule has 4 rings (SSSR count). The minimum Gasteiger partial charge on any atom is -0.283 e. The summed E-state index contributed by atoms with van der Waals surface area (Å²) >= 11 is 18.8. The van der Waals surface area contributed by atoms with Crippen molar-refractivity contribution < 1.29 is 4.79 Å². The van der Waals surface area contributed by atoms with Crippen LogP contribution in [0, 0.1) is 6.92 Å². The van der Waals surface area contributed by atoms with Gasteiger partial charge in [-0.3, -0.25) is 19.2 Å². The van der Waals surface area contributed by atoms with Crippen LogP contribution in [0.3, 0.4) is 0 Å². The summed E-state index contributed by atoms with van der Waals surface area (Å²) in [4.78, 5) is 28.1. The van der Waals surface area contributed by atoms with Gasteiger partial charge in [-0.2, -0.15) is 0 Å². The number of halogens is 2. The Labute approximate surface area is 192 Å². The molecule has 3 aromatic rings. The number of hydrogen-bond donors (Lipinski definition) is 0. The summed E-state index contributed by atoms with van der Waals surface area (Å²) in [6.45, 7) is 1.79. The van der Waals surface area contributed by atoms with Gasteiger partial charge < -0.3 is 0 Å². The number of anilines is 1. The highest BCUT2D eigenvalue weighted by Gasteiger charge is 2.37. The number of aromatic nitrogens is 2. The molecule has 0 spiro atoms. The van der Waals surface area contributed by atoms with Gasteiger partial charge in [-0.1, -0.05) is 71.4 Å². The van der Waals surface area contributed by atoms with Crippen LogP contribution < -0.4 is 10.5 Å². The number of benzene rings is 2. The van der Waals surface area contributed by atoms with Crippen molar-refractivity contribution in [3.05, 3.63) is 85.1 Å². The molecule has 5 nitrogen and oxygen atoms in total. The van der Waals surface area contributed by atoms with Gasteiger partial charge in [0.2, 0.25) is 0 Å². The van der Waals surface area contributed by atoms with Gasteiger partial charge in [0.15, 0.2) is 4.32 Å². The molecule has 1 saturated heterocycles. The van der Waals surface area contributed by atoms with Crippen LogP contribution in [0.5, 0.6) is 0 Å². The SMILES string of the molecule is Cc1c(N2C(=O)/C(=C\c3ccc(Cl)cc3Cl)SC2=S)c(=O)n(-c2ccccc2)n1C. The zero-order valence-corrected chi connectivity index (χ0v) is 19.1. The van der Waals surface area contributed by atoms with Crippen molar-refractivity contribution in [1.82, 2.24) is 9.36 Å². The molecule has 152 valence electrons. The Hall–Kier alpha value is -2.32. The van der Waals surface area contributed by atoms with Gasteiger partial charge in [0.05, 0.1) is 16.3 Å². The molecule has 0 atom stereocenters. The van der Waals surface area contributed by atoms with E-state index in [4.69, 9.17) is 35.4 Å². The van der Waals surface area contributed by atoms with Crippen LogP contribution in [0.4, 0.5) is 5.69 Å². The Bertz CT molecular complexity index is 1280. The van der Waals surface area contributed by atoms with E-state index in [1.54, 1.807) is 42.9 Å². The summed E-state index contributed by atoms with van der Waals surface area (Å²) in [5.74, 6) is -0.359. The average Bonchev–Trinajstić information content (AvgIpc) is 3.10. The van der Waals surface area contributed by atoms with Crippen molar-refractivity contribution in [3.8, 4) is 5.69 Å². The number of para-hydroxylation sites is 1. The second-order valence-electron chi connectivity index (χ2n) is 6.59. The zero-order valence-electron chi connectivity index (χ0n) is 15.9. The monoisotopic (exact) mass is 475 g/mol. The molecule has 0 N–H and O–H groups in total. The van der Waals surface area contributed by atoms with E-state index < -0.39 is 0 Å². The van der Waals surface area contributed by atoms with E-state index in [2.05, 4.69) is 0 Å². The van der Waals surface area contributed by atoms with Crippen LogP contribution in [-0.4, -0.2) is 19.6 Å². The highest BCUT2D eigenvalue weighted by Crippen LogP contribution is 2.37. The molecule has 1 aliphatic heterocycles. The van der Waals surface area contributed by atoms with Crippen LogP contribution >= 0.6 is 47.2 Å². The lowest BCUT2D eigenvalue weighted by molar-refractivity contribution is -0.113. The summed E-state index contributed by atoms with van der Waals surface area (Å²) in [6.07, 6.45) is 1.66. The predicted octanol–water partition coefficient (Wildman–Crippen LogP) is 5.20. The van der Waals surface area contributed by atoms with Crippen LogP contribution in [0.2, 0.25) is 10.0 Å². The minimum absolute atomic E-state index is 0.245. The molecule has 0 unspecified atom stereocenters. The molecule has 2 aromatic carbocycles. The molecule has 1 aliphatic rings. The molecule has 1 fully saturated rings. The largest absolute Gasteiger partial charge is 0.296 e. The number of thiocarbonyl (C=S) groups is 1. The Kier molecular flexibility index (Phi) is 5.63. The third-order valence-electron chi connectivity index (χ3n) is 4.79. The number of nitrogens with zero attached hydrogens (tertiary/aromatic N) is 3. The Morgan fingerprint density at radius 2 is 1.77 bits per heavy atom. The van der Waals surface area contributed by atoms with Crippen LogP contribution in [0.25, 0.3) is 11.8 Å². The maximum Gasteiger partial charge on any atom is 0.296 e. The first-order chi connectivity index (χ1) is 14.3. The molecule has 2 heterocycles. The fourth-order valence-corrected chi connectivity index (χ4v) is 4.96. The van der Waals surface area contributed by atoms with Gasteiger partial charge in [-0.05, 0) is 42.8 Å². The minimum atomic E-state index is -0.359. The quantitative estimate of drug-likeness (QED) is 0.385. The van der Waals surface area contributed by atoms with E-state index in [0.29, 0.717) is 36.2 Å². The standard InChI is InChI=1S/C21H15Cl2N3O2S2/c1-12-18(20(28)26(24(12)2)15-6-4-3-5-7-15)25-19(27)17(30-21(25)29)10-13-8-9-14(22)11-16(13)23/h3-11H,1-2H3/b17-10+. The topological polar surface area (TPSA) is 47.2 Å². The number of carbonyl (C=O) groups excluding carboxylic acids is 1. The molecule has 0 radical (unpaired) electrons. The van der Waals surface area contributed by atoms with Crippen molar-refractivity contribution in [3.63, 3.8) is 0 Å². The zero-order chi connectivity index (χ0) is 21.6. The summed E-state index contributed by atoms with van der Waals surface area (Å²) < 4.78 is 3.52. The molecule has 1 aromatic heterocycles. The lowest BCUT2D eigenvalue weighted by Gasteiger charge is -2.12. The summed E-state index contributed by atoms with van der Waals surface area (Å²) in [6, 6.07) is 14.3. The second kappa shape index (κ2) is 8.07. The smallest absolute Gasteiger partial charge is 0.283 e. The molecular formula is C21H15Cl2N3O2S2. The number of thioether (sulfide) groups is 1. The molecule has 0 bridgehead atoms. The van der Waals surface area contributed by atoms with Crippen molar-refractivity contribution in [2.24, 2.45) is 7.05 Å². The van der Waals surface area contributed by atoms with Gasteiger partial charge in [0, 0.05) is 17.1 Å². The molecule has 0 aliphatic carbocycles. The van der Waals surface area contributed by atoms with E-state index in [9.17, 15) is 9.59 Å². The third kappa shape index (κ3) is 3.52. The van der Waals surface area contributed by atoms with Gasteiger partial charge in [-0.15, -0.1) is 0 Å². The van der Waals surface area contributed by atoms with E-state index in [1.807, 2.05) is 30.3 Å². The first-order valence-electron chi connectivity index (χ1n) is 8.86. The number of hydrogen-bond acceptors (Lipinski definition) is 4. The fraction of sp³-hybridized carbons (Fsp3) is 0.0952. The van der Waals surface area contributed by atoms with E-state index in [1.165, 1.54) is 9.58 Å². The molecular weight excluding hydrogens is 461 g/mol. The lowest BCUT2D eigenvalue weighted by atomic mass is 10.2. The highest BCUT2D eigenvalue weighted by molar-refractivity contribution is 8.27.